The molecule has 0 fully saturated rings. The van der Waals surface area contributed by atoms with Gasteiger partial charge in [0, 0.05) is 0 Å². The SMILES string of the molecule is Cc1ccc(F)c(NC(=O)c2cc(C)ccc2F)c1. The summed E-state index contributed by atoms with van der Waals surface area (Å²) >= 11 is 0. The molecule has 0 radical (unpaired) electrons. The molecule has 19 heavy (non-hydrogen) atoms. The number of hydrogen-bond acceptors (Lipinski definition) is 1. The molecule has 0 saturated heterocycles. The Morgan fingerprint density at radius 3 is 2.21 bits per heavy atom. The summed E-state index contributed by atoms with van der Waals surface area (Å²) in [6, 6.07) is 8.57. The second-order valence-electron chi connectivity index (χ2n) is 4.42. The van der Waals surface area contributed by atoms with Gasteiger partial charge in [-0.25, -0.2) is 8.78 Å². The van der Waals surface area contributed by atoms with E-state index in [9.17, 15) is 13.6 Å². The molecule has 0 bridgehead atoms. The first kappa shape index (κ1) is 13.2. The van der Waals surface area contributed by atoms with E-state index in [1.54, 1.807) is 26.0 Å². The van der Waals surface area contributed by atoms with Crippen LogP contribution in [0, 0.1) is 25.5 Å². The van der Waals surface area contributed by atoms with E-state index in [1.165, 1.54) is 24.3 Å². The maximum atomic E-state index is 13.5. The van der Waals surface area contributed by atoms with Gasteiger partial charge in [-0.2, -0.15) is 0 Å². The Kier molecular flexibility index (Phi) is 3.60. The van der Waals surface area contributed by atoms with Crippen LogP contribution in [0.25, 0.3) is 0 Å². The molecule has 0 aromatic heterocycles. The third-order valence-corrected chi connectivity index (χ3v) is 2.74. The molecule has 2 aromatic carbocycles. The molecule has 2 rings (SSSR count). The molecule has 0 aliphatic carbocycles. The van der Waals surface area contributed by atoms with E-state index in [-0.39, 0.29) is 11.3 Å². The summed E-state index contributed by atoms with van der Waals surface area (Å²) in [6.45, 7) is 3.53. The van der Waals surface area contributed by atoms with Crippen molar-refractivity contribution in [2.45, 2.75) is 13.8 Å². The minimum Gasteiger partial charge on any atom is -0.319 e. The fourth-order valence-electron chi connectivity index (χ4n) is 1.74. The molecule has 2 nitrogen and oxygen atoms in total. The summed E-state index contributed by atoms with van der Waals surface area (Å²) in [6.07, 6.45) is 0. The zero-order valence-electron chi connectivity index (χ0n) is 10.6. The van der Waals surface area contributed by atoms with Gasteiger partial charge in [0.1, 0.15) is 11.6 Å². The van der Waals surface area contributed by atoms with Crippen molar-refractivity contribution in [2.24, 2.45) is 0 Å². The highest BCUT2D eigenvalue weighted by Gasteiger charge is 2.13. The highest BCUT2D eigenvalue weighted by atomic mass is 19.1. The lowest BCUT2D eigenvalue weighted by molar-refractivity contribution is 0.102. The lowest BCUT2D eigenvalue weighted by Gasteiger charge is -2.08. The molecule has 0 spiro atoms. The third kappa shape index (κ3) is 2.96. The van der Waals surface area contributed by atoms with Crippen LogP contribution in [-0.4, -0.2) is 5.91 Å². The van der Waals surface area contributed by atoms with Crippen LogP contribution >= 0.6 is 0 Å². The van der Waals surface area contributed by atoms with Crippen molar-refractivity contribution in [3.8, 4) is 0 Å². The smallest absolute Gasteiger partial charge is 0.258 e. The van der Waals surface area contributed by atoms with Gasteiger partial charge in [0.25, 0.3) is 5.91 Å². The average molecular weight is 261 g/mol. The first-order valence-corrected chi connectivity index (χ1v) is 5.81. The van der Waals surface area contributed by atoms with E-state index in [0.717, 1.165) is 11.1 Å². The summed E-state index contributed by atoms with van der Waals surface area (Å²) in [5.41, 5.74) is 1.52. The number of benzene rings is 2. The normalized spacial score (nSPS) is 10.3. The van der Waals surface area contributed by atoms with Crippen LogP contribution in [0.5, 0.6) is 0 Å². The second kappa shape index (κ2) is 5.18. The van der Waals surface area contributed by atoms with Crippen molar-refractivity contribution in [1.29, 1.82) is 0 Å². The largest absolute Gasteiger partial charge is 0.319 e. The van der Waals surface area contributed by atoms with Crippen molar-refractivity contribution in [3.05, 3.63) is 64.7 Å². The lowest BCUT2D eigenvalue weighted by Crippen LogP contribution is -2.15. The molecular formula is C15H13F2NO. The monoisotopic (exact) mass is 261 g/mol. The van der Waals surface area contributed by atoms with E-state index >= 15 is 0 Å². The summed E-state index contributed by atoms with van der Waals surface area (Å²) in [7, 11) is 0. The lowest BCUT2D eigenvalue weighted by atomic mass is 10.1. The number of halogens is 2. The molecule has 0 aliphatic heterocycles. The number of carbonyl (C=O) groups is 1. The van der Waals surface area contributed by atoms with Crippen LogP contribution in [0.15, 0.2) is 36.4 Å². The average Bonchev–Trinajstić information content (AvgIpc) is 2.36. The molecule has 4 heteroatoms. The Hall–Kier alpha value is -2.23. The van der Waals surface area contributed by atoms with Crippen molar-refractivity contribution in [2.75, 3.05) is 5.32 Å². The van der Waals surface area contributed by atoms with E-state index in [4.69, 9.17) is 0 Å². The van der Waals surface area contributed by atoms with Crippen LogP contribution in [0.4, 0.5) is 14.5 Å². The topological polar surface area (TPSA) is 29.1 Å². The van der Waals surface area contributed by atoms with Gasteiger partial charge in [0.15, 0.2) is 0 Å². The Morgan fingerprint density at radius 2 is 1.53 bits per heavy atom. The minimum atomic E-state index is -0.661. The van der Waals surface area contributed by atoms with Gasteiger partial charge in [-0.05, 0) is 43.7 Å². The summed E-state index contributed by atoms with van der Waals surface area (Å²) < 4.78 is 27.1. The fraction of sp³-hybridized carbons (Fsp3) is 0.133. The van der Waals surface area contributed by atoms with Gasteiger partial charge in [-0.1, -0.05) is 17.7 Å². The Labute approximate surface area is 110 Å². The summed E-state index contributed by atoms with van der Waals surface area (Å²) in [5.74, 6) is -1.84. The van der Waals surface area contributed by atoms with Crippen LogP contribution in [-0.2, 0) is 0 Å². The summed E-state index contributed by atoms with van der Waals surface area (Å²) in [5, 5.41) is 2.38. The molecule has 0 heterocycles. The third-order valence-electron chi connectivity index (χ3n) is 2.74. The van der Waals surface area contributed by atoms with Crippen molar-refractivity contribution >= 4 is 11.6 Å². The van der Waals surface area contributed by atoms with Gasteiger partial charge in [0.05, 0.1) is 11.3 Å². The van der Waals surface area contributed by atoms with Crippen LogP contribution in [0.3, 0.4) is 0 Å². The Balaban J connectivity index is 2.30. The summed E-state index contributed by atoms with van der Waals surface area (Å²) in [4.78, 5) is 11.9. The molecule has 98 valence electrons. The maximum Gasteiger partial charge on any atom is 0.258 e. The molecular weight excluding hydrogens is 248 g/mol. The van der Waals surface area contributed by atoms with Crippen molar-refractivity contribution < 1.29 is 13.6 Å². The molecule has 0 atom stereocenters. The van der Waals surface area contributed by atoms with E-state index < -0.39 is 17.5 Å². The van der Waals surface area contributed by atoms with E-state index in [0.29, 0.717) is 0 Å². The first-order valence-electron chi connectivity index (χ1n) is 5.81. The maximum absolute atomic E-state index is 13.5. The first-order chi connectivity index (χ1) is 8.97. The van der Waals surface area contributed by atoms with E-state index in [2.05, 4.69) is 5.32 Å². The number of carbonyl (C=O) groups excluding carboxylic acids is 1. The highest BCUT2D eigenvalue weighted by molar-refractivity contribution is 6.04. The molecule has 1 amide bonds. The minimum absolute atomic E-state index is 0.0471. The predicted molar refractivity (Wildman–Crippen MR) is 70.2 cm³/mol. The number of amides is 1. The van der Waals surface area contributed by atoms with Crippen molar-refractivity contribution in [1.82, 2.24) is 0 Å². The molecule has 0 saturated carbocycles. The number of aryl methyl sites for hydroxylation is 2. The Morgan fingerprint density at radius 1 is 0.947 bits per heavy atom. The second-order valence-corrected chi connectivity index (χ2v) is 4.42. The molecule has 0 unspecified atom stereocenters. The van der Waals surface area contributed by atoms with Gasteiger partial charge < -0.3 is 5.32 Å². The number of rotatable bonds is 2. The van der Waals surface area contributed by atoms with Gasteiger partial charge in [-0.3, -0.25) is 4.79 Å². The van der Waals surface area contributed by atoms with Crippen LogP contribution in [0.2, 0.25) is 0 Å². The number of hydrogen-bond donors (Lipinski definition) is 1. The standard InChI is InChI=1S/C15H13F2NO/c1-9-3-5-12(16)11(7-9)15(19)18-14-8-10(2)4-6-13(14)17/h3-8H,1-2H3,(H,18,19). The quantitative estimate of drug-likeness (QED) is 0.874. The zero-order chi connectivity index (χ0) is 14.0. The van der Waals surface area contributed by atoms with Crippen molar-refractivity contribution in [3.63, 3.8) is 0 Å². The zero-order valence-corrected chi connectivity index (χ0v) is 10.6. The highest BCUT2D eigenvalue weighted by Crippen LogP contribution is 2.18. The van der Waals surface area contributed by atoms with Crippen LogP contribution in [0.1, 0.15) is 21.5 Å². The molecule has 0 aliphatic rings. The predicted octanol–water partition coefficient (Wildman–Crippen LogP) is 3.83. The molecule has 1 N–H and O–H groups in total. The van der Waals surface area contributed by atoms with E-state index in [1.807, 2.05) is 0 Å². The van der Waals surface area contributed by atoms with Gasteiger partial charge in [0.2, 0.25) is 0 Å². The Bertz CT molecular complexity index is 638. The van der Waals surface area contributed by atoms with Crippen LogP contribution < -0.4 is 5.32 Å². The fourth-order valence-corrected chi connectivity index (χ4v) is 1.74. The number of anilines is 1. The molecule has 2 aromatic rings. The van der Waals surface area contributed by atoms with Gasteiger partial charge in [-0.15, -0.1) is 0 Å². The van der Waals surface area contributed by atoms with Gasteiger partial charge >= 0.3 is 0 Å². The number of nitrogens with one attached hydrogen (secondary N) is 1.